The number of thioether (sulfide) groups is 1. The third-order valence-electron chi connectivity index (χ3n) is 4.73. The number of aromatic nitrogens is 3. The third-order valence-corrected chi connectivity index (χ3v) is 5.77. The Hall–Kier alpha value is -2.68. The molecule has 0 saturated carbocycles. The molecule has 3 rings (SSSR count). The Morgan fingerprint density at radius 2 is 2.03 bits per heavy atom. The van der Waals surface area contributed by atoms with Gasteiger partial charge >= 0.3 is 5.97 Å². The van der Waals surface area contributed by atoms with E-state index in [9.17, 15) is 4.79 Å². The number of hydrogen-bond donors (Lipinski definition) is 1. The molecule has 0 amide bonds. The van der Waals surface area contributed by atoms with Gasteiger partial charge in [-0.15, -0.1) is 5.10 Å². The molecule has 1 aliphatic heterocycles. The summed E-state index contributed by atoms with van der Waals surface area (Å²) in [7, 11) is 1.60. The Morgan fingerprint density at radius 1 is 1.23 bits per heavy atom. The van der Waals surface area contributed by atoms with Crippen molar-refractivity contribution in [3.8, 4) is 11.5 Å². The second kappa shape index (κ2) is 10.6. The fraction of sp³-hybridized carbons (Fsp3) is 0.500. The van der Waals surface area contributed by atoms with Crippen LogP contribution in [0.5, 0.6) is 11.5 Å². The highest BCUT2D eigenvalue weighted by molar-refractivity contribution is 7.99. The number of benzene rings is 1. The smallest absolute Gasteiger partial charge is 0.338 e. The summed E-state index contributed by atoms with van der Waals surface area (Å²) in [4.78, 5) is 17.6. The fourth-order valence-corrected chi connectivity index (χ4v) is 4.04. The minimum atomic E-state index is -0.492. The van der Waals surface area contributed by atoms with E-state index in [1.54, 1.807) is 23.6 Å². The number of hydrogen-bond acceptors (Lipinski definition) is 8. The van der Waals surface area contributed by atoms with Crippen molar-refractivity contribution in [1.82, 2.24) is 14.8 Å². The molecule has 0 aliphatic carbocycles. The molecule has 1 atom stereocenters. The average Bonchev–Trinajstić information content (AvgIpc) is 3.17. The Bertz CT molecular complexity index is 957. The lowest BCUT2D eigenvalue weighted by Gasteiger charge is -2.28. The van der Waals surface area contributed by atoms with Crippen molar-refractivity contribution in [2.75, 3.05) is 31.4 Å². The van der Waals surface area contributed by atoms with Crippen LogP contribution in [-0.4, -0.2) is 46.8 Å². The number of nitrogens with one attached hydrogen (secondary N) is 1. The Labute approximate surface area is 187 Å². The van der Waals surface area contributed by atoms with Crippen molar-refractivity contribution in [2.24, 2.45) is 0 Å². The number of esters is 1. The lowest BCUT2D eigenvalue weighted by atomic mass is 9.95. The van der Waals surface area contributed by atoms with Crippen molar-refractivity contribution in [1.29, 1.82) is 0 Å². The van der Waals surface area contributed by atoms with Gasteiger partial charge in [-0.05, 0) is 44.4 Å². The topological polar surface area (TPSA) is 87.5 Å². The molecule has 1 unspecified atom stereocenters. The van der Waals surface area contributed by atoms with Crippen LogP contribution in [0.15, 0.2) is 34.6 Å². The monoisotopic (exact) mass is 446 g/mol. The van der Waals surface area contributed by atoms with E-state index in [0.717, 1.165) is 24.2 Å². The minimum Gasteiger partial charge on any atom is -0.493 e. The first-order chi connectivity index (χ1) is 15.0. The van der Waals surface area contributed by atoms with Crippen LogP contribution in [0.3, 0.4) is 0 Å². The number of methoxy groups -OCH3 is 1. The molecular weight excluding hydrogens is 416 g/mol. The number of fused-ring (bicyclic) bond motifs is 1. The van der Waals surface area contributed by atoms with Gasteiger partial charge in [-0.25, -0.2) is 9.48 Å². The summed E-state index contributed by atoms with van der Waals surface area (Å²) in [6.45, 7) is 8.75. The van der Waals surface area contributed by atoms with Crippen LogP contribution in [0, 0.1) is 0 Å². The van der Waals surface area contributed by atoms with Gasteiger partial charge in [0.2, 0.25) is 11.1 Å². The molecule has 2 aromatic rings. The SMILES string of the molecule is CCCOC(=O)C1=C(C)Nc2nc(SCCC)nn2C1c1ccc(OCC)c(OC)c1. The molecule has 0 radical (unpaired) electrons. The highest BCUT2D eigenvalue weighted by Gasteiger charge is 2.35. The summed E-state index contributed by atoms with van der Waals surface area (Å²) < 4.78 is 18.4. The first kappa shape index (κ1) is 23.0. The Kier molecular flexibility index (Phi) is 7.84. The van der Waals surface area contributed by atoms with Crippen LogP contribution < -0.4 is 14.8 Å². The Balaban J connectivity index is 2.09. The van der Waals surface area contributed by atoms with Crippen molar-refractivity contribution >= 4 is 23.7 Å². The van der Waals surface area contributed by atoms with E-state index in [1.165, 1.54) is 0 Å². The summed E-state index contributed by atoms with van der Waals surface area (Å²) in [6.07, 6.45) is 1.77. The van der Waals surface area contributed by atoms with Crippen LogP contribution in [0.25, 0.3) is 0 Å². The first-order valence-electron chi connectivity index (χ1n) is 10.6. The second-order valence-corrected chi connectivity index (χ2v) is 8.12. The van der Waals surface area contributed by atoms with Crippen LogP contribution >= 0.6 is 11.8 Å². The molecule has 8 nitrogen and oxygen atoms in total. The third kappa shape index (κ3) is 4.98. The van der Waals surface area contributed by atoms with Gasteiger partial charge in [0.15, 0.2) is 11.5 Å². The van der Waals surface area contributed by atoms with E-state index in [0.29, 0.717) is 47.1 Å². The maximum atomic E-state index is 13.0. The molecule has 0 fully saturated rings. The van der Waals surface area contributed by atoms with Crippen molar-refractivity contribution < 1.29 is 19.0 Å². The maximum absolute atomic E-state index is 13.0. The van der Waals surface area contributed by atoms with Gasteiger partial charge in [0.05, 0.1) is 25.9 Å². The van der Waals surface area contributed by atoms with E-state index < -0.39 is 6.04 Å². The van der Waals surface area contributed by atoms with Gasteiger partial charge in [0.25, 0.3) is 0 Å². The van der Waals surface area contributed by atoms with Crippen LogP contribution in [-0.2, 0) is 9.53 Å². The number of allylic oxidation sites excluding steroid dienone is 1. The van der Waals surface area contributed by atoms with Gasteiger partial charge in [-0.1, -0.05) is 31.7 Å². The summed E-state index contributed by atoms with van der Waals surface area (Å²) in [5.41, 5.74) is 2.04. The number of rotatable bonds is 10. The number of nitrogens with zero attached hydrogens (tertiary/aromatic N) is 3. The average molecular weight is 447 g/mol. The van der Waals surface area contributed by atoms with Gasteiger partial charge in [0.1, 0.15) is 6.04 Å². The first-order valence-corrected chi connectivity index (χ1v) is 11.6. The van der Waals surface area contributed by atoms with Crippen LogP contribution in [0.4, 0.5) is 5.95 Å². The zero-order chi connectivity index (χ0) is 22.4. The van der Waals surface area contributed by atoms with Crippen molar-refractivity contribution in [3.05, 3.63) is 35.0 Å². The lowest BCUT2D eigenvalue weighted by molar-refractivity contribution is -0.139. The van der Waals surface area contributed by atoms with Crippen LogP contribution in [0.1, 0.15) is 52.1 Å². The maximum Gasteiger partial charge on any atom is 0.338 e. The molecule has 1 N–H and O–H groups in total. The molecule has 31 heavy (non-hydrogen) atoms. The van der Waals surface area contributed by atoms with Crippen molar-refractivity contribution in [2.45, 2.75) is 51.7 Å². The summed E-state index contributed by atoms with van der Waals surface area (Å²) in [5.74, 6) is 2.40. The largest absolute Gasteiger partial charge is 0.493 e. The number of carbonyl (C=O) groups excluding carboxylic acids is 1. The zero-order valence-corrected chi connectivity index (χ0v) is 19.5. The van der Waals surface area contributed by atoms with E-state index >= 15 is 0 Å². The fourth-order valence-electron chi connectivity index (χ4n) is 3.36. The molecule has 0 saturated heterocycles. The molecule has 9 heteroatoms. The number of ether oxygens (including phenoxy) is 3. The molecule has 2 heterocycles. The Morgan fingerprint density at radius 3 is 2.71 bits per heavy atom. The molecule has 1 aromatic heterocycles. The van der Waals surface area contributed by atoms with Gasteiger partial charge < -0.3 is 19.5 Å². The van der Waals surface area contributed by atoms with Gasteiger partial charge in [-0.2, -0.15) is 4.98 Å². The quantitative estimate of drug-likeness (QED) is 0.424. The number of anilines is 1. The molecular formula is C22H30N4O4S. The van der Waals surface area contributed by atoms with Gasteiger partial charge in [0, 0.05) is 11.4 Å². The predicted molar refractivity (Wildman–Crippen MR) is 121 cm³/mol. The van der Waals surface area contributed by atoms with Crippen LogP contribution in [0.2, 0.25) is 0 Å². The standard InChI is InChI=1S/C22H30N4O4S/c1-6-11-30-20(27)18-14(4)23-21-24-22(31-12-7-2)25-26(21)19(18)15-9-10-16(29-8-3)17(13-15)28-5/h9-10,13,19H,6-8,11-12H2,1-5H3,(H,23,24,25). The lowest BCUT2D eigenvalue weighted by Crippen LogP contribution is -2.29. The summed E-state index contributed by atoms with van der Waals surface area (Å²) >= 11 is 1.59. The predicted octanol–water partition coefficient (Wildman–Crippen LogP) is 4.43. The molecule has 0 spiro atoms. The van der Waals surface area contributed by atoms with Crippen molar-refractivity contribution in [3.63, 3.8) is 0 Å². The molecule has 1 aliphatic rings. The van der Waals surface area contributed by atoms with Gasteiger partial charge in [-0.3, -0.25) is 0 Å². The second-order valence-electron chi connectivity index (χ2n) is 7.06. The highest BCUT2D eigenvalue weighted by Crippen LogP contribution is 2.39. The van der Waals surface area contributed by atoms with E-state index in [1.807, 2.05) is 39.0 Å². The molecule has 0 bridgehead atoms. The van der Waals surface area contributed by atoms with E-state index in [4.69, 9.17) is 19.3 Å². The van der Waals surface area contributed by atoms with E-state index in [-0.39, 0.29) is 5.97 Å². The minimum absolute atomic E-state index is 0.358. The highest BCUT2D eigenvalue weighted by atomic mass is 32.2. The summed E-state index contributed by atoms with van der Waals surface area (Å²) in [6, 6.07) is 5.17. The zero-order valence-electron chi connectivity index (χ0n) is 18.7. The molecule has 1 aromatic carbocycles. The molecule has 168 valence electrons. The number of carbonyl (C=O) groups is 1. The van der Waals surface area contributed by atoms with E-state index in [2.05, 4.69) is 17.2 Å². The normalized spacial score (nSPS) is 15.3. The summed E-state index contributed by atoms with van der Waals surface area (Å²) in [5, 5.41) is 8.59.